The first-order valence-electron chi connectivity index (χ1n) is 27.3. The van der Waals surface area contributed by atoms with Gasteiger partial charge in [0.1, 0.15) is 0 Å². The molecule has 0 radical (unpaired) electrons. The van der Waals surface area contributed by atoms with Gasteiger partial charge >= 0.3 is 311 Å². The summed E-state index contributed by atoms with van der Waals surface area (Å²) in [6.07, 6.45) is 29.1. The molecule has 0 aliphatic carbocycles. The van der Waals surface area contributed by atoms with E-state index in [1.807, 2.05) is 0 Å². The molecule has 1 unspecified atom stereocenters. The normalized spacial score (nSPS) is 19.2. The third-order valence-electron chi connectivity index (χ3n) is 12.4. The standard InChI is InChI=1S/C51H92N4O18P2/c1-3-5-7-9-11-13-15-17-19-21-23-25-27-29-31-33-45(56)67-37-41(71-46(57)34-32-30-28-26-24-22-20-18-16-14-12-10-8-6-4-2)38-69-75(65,66,70-39-42(52)50(60)61)73-74(63,64)68-40-43-47(58)48(59)49(72-43)55-36-35-44(53)54-51(55)62/h17-20,35-36,41-43,47-49,58-59,65-66H,3-16,21-34,37-40,52H2,1-2H3,(H,60,61)(H,63,64)(H2,53,54,62)/b19-17-,20-18-/t41-,42+,43-,47-,48-,49-/m1/s1. The monoisotopic (exact) mass is 1110 g/mol. The summed E-state index contributed by atoms with van der Waals surface area (Å²) in [6, 6.07) is -0.748. The molecular weight excluding hydrogens is 1020 g/mol. The number of allylic oxidation sites excluding steroid dienone is 4. The van der Waals surface area contributed by atoms with Crippen molar-refractivity contribution in [3.63, 3.8) is 0 Å². The number of nitrogens with two attached hydrogens (primary N) is 2. The Morgan fingerprint density at radius 1 is 0.733 bits per heavy atom. The van der Waals surface area contributed by atoms with Gasteiger partial charge in [-0.25, -0.2) is 0 Å². The fourth-order valence-electron chi connectivity index (χ4n) is 7.96. The summed E-state index contributed by atoms with van der Waals surface area (Å²) in [7, 11) is -12.8. The molecule has 10 N–H and O–H groups in total. The number of esters is 2. The molecule has 0 spiro atoms. The number of unbranched alkanes of at least 4 members (excludes halogenated alkanes) is 22. The number of carboxylic acids is 1. The molecule has 0 aromatic carbocycles. The molecule has 1 aliphatic heterocycles. The third kappa shape index (κ3) is 31.1. The van der Waals surface area contributed by atoms with Crippen LogP contribution in [0.25, 0.3) is 0 Å². The molecule has 1 fully saturated rings. The van der Waals surface area contributed by atoms with Crippen LogP contribution in [0.5, 0.6) is 0 Å². The summed E-state index contributed by atoms with van der Waals surface area (Å²) in [4.78, 5) is 86.9. The molecule has 0 amide bonds. The number of carboxylic acid groups (broad SMARTS) is 1. The maximum absolute atomic E-state index is 13.3. The summed E-state index contributed by atoms with van der Waals surface area (Å²) >= 11 is 0. The van der Waals surface area contributed by atoms with Gasteiger partial charge in [0.2, 0.25) is 0 Å². The molecule has 22 nitrogen and oxygen atoms in total. The molecule has 2 heterocycles. The molecular formula is C51H92N4O18P2. The van der Waals surface area contributed by atoms with Gasteiger partial charge in [-0.05, 0) is 32.1 Å². The van der Waals surface area contributed by atoms with Gasteiger partial charge < -0.3 is 0 Å². The number of hydrogen-bond acceptors (Lipinski definition) is 19. The van der Waals surface area contributed by atoms with E-state index in [-0.39, 0.29) is 18.7 Å². The second-order valence-corrected chi connectivity index (χ2v) is 23.2. The first-order chi connectivity index (χ1) is 35.8. The Hall–Kier alpha value is -3.21. The fourth-order valence-corrected chi connectivity index (χ4v) is 11.2. The van der Waals surface area contributed by atoms with E-state index < -0.39 is 102 Å². The molecule has 75 heavy (non-hydrogen) atoms. The summed E-state index contributed by atoms with van der Waals surface area (Å²) in [6.45, 7) is 0.290. The Morgan fingerprint density at radius 2 is 1.20 bits per heavy atom. The van der Waals surface area contributed by atoms with Gasteiger partial charge in [-0.3, -0.25) is 0 Å². The van der Waals surface area contributed by atoms with Crippen LogP contribution in [-0.2, 0) is 51.0 Å². The fraction of sp³-hybridized carbons (Fsp3) is 0.784. The summed E-state index contributed by atoms with van der Waals surface area (Å²) in [5, 5.41) is 30.5. The molecule has 1 aliphatic rings. The number of aromatic nitrogens is 2. The van der Waals surface area contributed by atoms with Gasteiger partial charge in [-0.2, -0.15) is 0 Å². The predicted molar refractivity (Wildman–Crippen MR) is 284 cm³/mol. The van der Waals surface area contributed by atoms with Gasteiger partial charge in [-0.15, -0.1) is 0 Å². The molecule has 1 saturated heterocycles. The zero-order valence-corrected chi connectivity index (χ0v) is 46.4. The van der Waals surface area contributed by atoms with Crippen molar-refractivity contribution in [2.75, 3.05) is 32.2 Å². The van der Waals surface area contributed by atoms with Crippen molar-refractivity contribution in [3.05, 3.63) is 47.1 Å². The summed E-state index contributed by atoms with van der Waals surface area (Å²) < 4.78 is 50.2. The van der Waals surface area contributed by atoms with Gasteiger partial charge in [0.05, 0.1) is 0 Å². The molecule has 24 heteroatoms. The van der Waals surface area contributed by atoms with Crippen molar-refractivity contribution < 1.29 is 81.0 Å². The summed E-state index contributed by atoms with van der Waals surface area (Å²) in [5.74, 6) is -3.24. The van der Waals surface area contributed by atoms with Gasteiger partial charge in [0, 0.05) is 0 Å². The van der Waals surface area contributed by atoms with Crippen LogP contribution in [-0.4, -0.2) is 114 Å². The Morgan fingerprint density at radius 3 is 1.69 bits per heavy atom. The molecule has 2 rings (SSSR count). The van der Waals surface area contributed by atoms with Crippen molar-refractivity contribution >= 4 is 39.3 Å². The Bertz CT molecular complexity index is 1920. The average molecular weight is 1110 g/mol. The number of ether oxygens (including phenoxy) is 3. The van der Waals surface area contributed by atoms with Crippen LogP contribution in [0.1, 0.15) is 200 Å². The number of rotatable bonds is 46. The van der Waals surface area contributed by atoms with Gasteiger partial charge in [-0.1, -0.05) is 102 Å². The van der Waals surface area contributed by atoms with Crippen LogP contribution in [0.15, 0.2) is 41.4 Å². The molecule has 1 aromatic heterocycles. The number of nitrogen functional groups attached to an aromatic ring is 1. The van der Waals surface area contributed by atoms with E-state index in [4.69, 9.17) is 43.6 Å². The van der Waals surface area contributed by atoms with Crippen molar-refractivity contribution in [2.45, 2.75) is 230 Å². The minimum absolute atomic E-state index is 0.0309. The van der Waals surface area contributed by atoms with Crippen LogP contribution >= 0.6 is 15.6 Å². The van der Waals surface area contributed by atoms with Crippen LogP contribution in [0, 0.1) is 0 Å². The van der Waals surface area contributed by atoms with Crippen LogP contribution in [0.2, 0.25) is 0 Å². The van der Waals surface area contributed by atoms with Crippen LogP contribution in [0.3, 0.4) is 0 Å². The molecule has 0 saturated carbocycles. The van der Waals surface area contributed by atoms with E-state index in [1.165, 1.54) is 83.1 Å². The number of hydrogen-bond donors (Lipinski definition) is 8. The zero-order chi connectivity index (χ0) is 55.4. The quantitative estimate of drug-likeness (QED) is 0.0131. The second-order valence-electron chi connectivity index (χ2n) is 19.2. The molecule has 1 aromatic rings. The number of aliphatic hydroxyl groups is 2. The van der Waals surface area contributed by atoms with E-state index >= 15 is 0 Å². The minimum Gasteiger partial charge on any atom is -0.0885 e. The summed E-state index contributed by atoms with van der Waals surface area (Å²) in [5.41, 5.74) is 10.1. The number of anilines is 1. The average Bonchev–Trinajstić information content (AvgIpc) is 3.64. The van der Waals surface area contributed by atoms with E-state index in [2.05, 4.69) is 43.1 Å². The predicted octanol–water partition coefficient (Wildman–Crippen LogP) is 8.67. The second kappa shape index (κ2) is 38.4. The number of aliphatic carboxylic acids is 1. The van der Waals surface area contributed by atoms with Crippen LogP contribution in [0.4, 0.5) is 5.82 Å². The van der Waals surface area contributed by atoms with Crippen molar-refractivity contribution in [2.24, 2.45) is 5.73 Å². The number of carbonyl (C=O) groups is 3. The van der Waals surface area contributed by atoms with Gasteiger partial charge in [0.25, 0.3) is 0 Å². The molecule has 0 bridgehead atoms. The van der Waals surface area contributed by atoms with Gasteiger partial charge in [0.15, 0.2) is 0 Å². The number of phosphoric ester groups is 1. The Kier molecular flexibility index (Phi) is 34.7. The number of carbonyl (C=O) groups excluding carboxylic acids is 2. The SMILES string of the molecule is CCCCCCCC/C=C\CCCCCCCC(=O)OC[C@H](COP(O)(O)(OC[C@H](N)C(=O)O)OP(=O)(O)OC[C@H]1O[C@@H](n2ccc(N)nc2=O)[C@H](O)[C@@H]1O)OC(=O)CCCCCCC/C=C\CCCCCCCC. The van der Waals surface area contributed by atoms with Crippen molar-refractivity contribution in [3.8, 4) is 0 Å². The smallest absolute Gasteiger partial charge is 0.0885 e. The zero-order valence-electron chi connectivity index (χ0n) is 44.6. The molecule has 7 atom stereocenters. The first-order valence-corrected chi connectivity index (χ1v) is 30.7. The van der Waals surface area contributed by atoms with Crippen molar-refractivity contribution in [1.29, 1.82) is 0 Å². The molecule has 434 valence electrons. The maximum atomic E-state index is 13.3. The number of nitrogens with zero attached hydrogens (tertiary/aromatic N) is 2. The number of phosphoric acid groups is 1. The third-order valence-corrected chi connectivity index (χ3v) is 16.0. The van der Waals surface area contributed by atoms with E-state index in [9.17, 15) is 53.7 Å². The van der Waals surface area contributed by atoms with Crippen LogP contribution < -0.4 is 17.2 Å². The Balaban J connectivity index is 2.04. The topological polar surface area (TPSA) is 341 Å². The first kappa shape index (κ1) is 67.9. The minimum atomic E-state index is -7.02. The van der Waals surface area contributed by atoms with Crippen molar-refractivity contribution in [1.82, 2.24) is 9.55 Å². The van der Waals surface area contributed by atoms with E-state index in [0.29, 0.717) is 19.3 Å². The number of aliphatic hydroxyl groups excluding tert-OH is 2. The van der Waals surface area contributed by atoms with E-state index in [0.717, 1.165) is 81.4 Å². The Labute approximate surface area is 443 Å². The van der Waals surface area contributed by atoms with E-state index in [1.54, 1.807) is 0 Å².